The first-order chi connectivity index (χ1) is 21.8. The van der Waals surface area contributed by atoms with E-state index >= 15 is 0 Å². The van der Waals surface area contributed by atoms with E-state index in [1.165, 1.54) is 35.3 Å². The largest absolute Gasteiger partial charge is 0.417 e. The average Bonchev–Trinajstić information content (AvgIpc) is 3.53. The zero-order valence-electron chi connectivity index (χ0n) is 28.9. The number of nitrogens with one attached hydrogen (secondary N) is 1. The van der Waals surface area contributed by atoms with Gasteiger partial charge in [-0.1, -0.05) is 71.7 Å². The molecule has 0 fully saturated rings. The molecule has 0 unspecified atom stereocenters. The van der Waals surface area contributed by atoms with E-state index in [9.17, 15) is 27.1 Å². The Bertz CT molecular complexity index is 1510. The Morgan fingerprint density at radius 3 is 1.98 bits per heavy atom. The lowest BCUT2D eigenvalue weighted by atomic mass is 9.92. The molecule has 0 radical (unpaired) electrons. The first-order valence-electron chi connectivity index (χ1n) is 16.2. The number of benzene rings is 2. The van der Waals surface area contributed by atoms with E-state index in [0.717, 1.165) is 55.0 Å². The molecule has 4 aromatic rings. The zero-order chi connectivity index (χ0) is 35.0. The van der Waals surface area contributed by atoms with Crippen LogP contribution in [0.1, 0.15) is 113 Å². The fourth-order valence-corrected chi connectivity index (χ4v) is 5.14. The number of aryl methyl sites for hydroxylation is 3. The second-order valence-corrected chi connectivity index (χ2v) is 10.7. The maximum Gasteiger partial charge on any atom is 0.417 e. The van der Waals surface area contributed by atoms with Crippen LogP contribution in [-0.2, 0) is 25.6 Å². The first kappa shape index (κ1) is 40.5. The second kappa shape index (κ2) is 19.9. The third-order valence-electron chi connectivity index (χ3n) is 7.88. The van der Waals surface area contributed by atoms with Gasteiger partial charge in [-0.25, -0.2) is 8.78 Å². The molecule has 2 heterocycles. The molecular weight excluding hydrogens is 595 g/mol. The fourth-order valence-electron chi connectivity index (χ4n) is 5.14. The highest BCUT2D eigenvalue weighted by molar-refractivity contribution is 5.94. The van der Waals surface area contributed by atoms with Crippen molar-refractivity contribution in [3.63, 3.8) is 0 Å². The van der Waals surface area contributed by atoms with Crippen molar-refractivity contribution in [2.24, 2.45) is 0 Å². The molecule has 0 aliphatic rings. The number of pyridine rings is 1. The Morgan fingerprint density at radius 1 is 0.891 bits per heavy atom. The summed E-state index contributed by atoms with van der Waals surface area (Å²) in [5, 5.41) is 10.2. The molecule has 8 heteroatoms. The van der Waals surface area contributed by atoms with Crippen molar-refractivity contribution in [3.8, 4) is 0 Å². The number of rotatable bonds is 8. The number of nitrogens with zero attached hydrogens (tertiary/aromatic N) is 1. The molecule has 0 saturated heterocycles. The predicted octanol–water partition coefficient (Wildman–Crippen LogP) is 11.9. The monoisotopic (exact) mass is 646 g/mol. The number of aliphatic hydroxyl groups excluding tert-OH is 1. The standard InChI is InChI=1S/C18H24FNO.C11H16.C7H5F4N.C2H6/c1-4-6-7-13(5-2)12(3)17-15-8-9-20-18(15)14(11-21)10-16(17)19;1-4-10-7-6-8-11(5-2)9(10)3;1-4-6(8)2-5(3-12-4)7(9,10)11;1-2/h8-10,20-21H,4-7,11H2,1-3H3;6-8H,4-5H2,1-3H3;2-3H,1H3;1-2H3/b13-12+;;;. The van der Waals surface area contributed by atoms with Crippen LogP contribution in [0, 0.1) is 25.5 Å². The lowest BCUT2D eigenvalue weighted by Gasteiger charge is -2.14. The number of aromatic amines is 1. The van der Waals surface area contributed by atoms with Gasteiger partial charge in [0.25, 0.3) is 0 Å². The van der Waals surface area contributed by atoms with Crippen molar-refractivity contribution < 1.29 is 27.1 Å². The Hall–Kier alpha value is -3.52. The Kier molecular flexibility index (Phi) is 17.5. The number of H-pyrrole nitrogens is 1. The summed E-state index contributed by atoms with van der Waals surface area (Å²) in [6.45, 7) is 18.1. The molecule has 0 atom stereocenters. The molecule has 0 saturated carbocycles. The summed E-state index contributed by atoms with van der Waals surface area (Å²) in [5.41, 5.74) is 7.83. The maximum absolute atomic E-state index is 14.6. The topological polar surface area (TPSA) is 48.9 Å². The summed E-state index contributed by atoms with van der Waals surface area (Å²) >= 11 is 0. The molecule has 4 rings (SSSR count). The molecule has 0 spiro atoms. The second-order valence-electron chi connectivity index (χ2n) is 10.7. The van der Waals surface area contributed by atoms with E-state index in [1.807, 2.05) is 26.8 Å². The van der Waals surface area contributed by atoms with Crippen LogP contribution in [0.25, 0.3) is 16.5 Å². The molecule has 2 aromatic carbocycles. The van der Waals surface area contributed by atoms with Gasteiger partial charge >= 0.3 is 6.18 Å². The van der Waals surface area contributed by atoms with Crippen molar-refractivity contribution >= 4 is 16.5 Å². The van der Waals surface area contributed by atoms with Crippen LogP contribution in [0.4, 0.5) is 22.0 Å². The molecule has 46 heavy (non-hydrogen) atoms. The van der Waals surface area contributed by atoms with Gasteiger partial charge in [0.05, 0.1) is 23.4 Å². The first-order valence-corrected chi connectivity index (χ1v) is 16.2. The van der Waals surface area contributed by atoms with E-state index in [4.69, 9.17) is 0 Å². The Balaban J connectivity index is 0.000000361. The third-order valence-corrected chi connectivity index (χ3v) is 7.88. The van der Waals surface area contributed by atoms with E-state index in [2.05, 4.69) is 62.8 Å². The summed E-state index contributed by atoms with van der Waals surface area (Å²) < 4.78 is 62.8. The lowest BCUT2D eigenvalue weighted by molar-refractivity contribution is -0.138. The minimum absolute atomic E-state index is 0.0389. The van der Waals surface area contributed by atoms with Gasteiger partial charge in [0.1, 0.15) is 11.6 Å². The summed E-state index contributed by atoms with van der Waals surface area (Å²) in [7, 11) is 0. The summed E-state index contributed by atoms with van der Waals surface area (Å²) in [5.74, 6) is -1.18. The quantitative estimate of drug-likeness (QED) is 0.187. The van der Waals surface area contributed by atoms with Crippen LogP contribution < -0.4 is 0 Å². The van der Waals surface area contributed by atoms with Crippen LogP contribution in [0.2, 0.25) is 0 Å². The van der Waals surface area contributed by atoms with Crippen LogP contribution in [0.3, 0.4) is 0 Å². The fraction of sp³-hybridized carbons (Fsp3) is 0.447. The van der Waals surface area contributed by atoms with Gasteiger partial charge in [0.15, 0.2) is 0 Å². The minimum atomic E-state index is -4.53. The normalized spacial score (nSPS) is 11.5. The van der Waals surface area contributed by atoms with Crippen molar-refractivity contribution in [2.75, 3.05) is 0 Å². The van der Waals surface area contributed by atoms with Gasteiger partial charge in [-0.15, -0.1) is 0 Å². The van der Waals surface area contributed by atoms with E-state index in [-0.39, 0.29) is 18.1 Å². The SMILES string of the molecule is CC.CCCC/C(CC)=C(\C)c1c(F)cc(CO)c2[nH]ccc12.CCc1cccc(CC)c1C.Cc1ncc(C(F)(F)F)cc1F. The molecule has 3 nitrogen and oxygen atoms in total. The number of halogens is 5. The molecule has 2 N–H and O–H groups in total. The molecule has 0 amide bonds. The van der Waals surface area contributed by atoms with Crippen molar-refractivity contribution in [1.29, 1.82) is 0 Å². The van der Waals surface area contributed by atoms with Crippen LogP contribution >= 0.6 is 0 Å². The lowest BCUT2D eigenvalue weighted by Crippen LogP contribution is -2.06. The van der Waals surface area contributed by atoms with E-state index in [1.54, 1.807) is 6.20 Å². The number of alkyl halides is 3. The number of unbranched alkanes of at least 4 members (excludes halogenated alkanes) is 1. The van der Waals surface area contributed by atoms with E-state index < -0.39 is 17.6 Å². The minimum Gasteiger partial charge on any atom is -0.392 e. The molecule has 0 bridgehead atoms. The molecule has 254 valence electrons. The van der Waals surface area contributed by atoms with Gasteiger partial charge in [0, 0.05) is 28.9 Å². The van der Waals surface area contributed by atoms with Crippen molar-refractivity contribution in [2.45, 2.75) is 114 Å². The van der Waals surface area contributed by atoms with Crippen LogP contribution in [0.5, 0.6) is 0 Å². The highest BCUT2D eigenvalue weighted by Gasteiger charge is 2.31. The third kappa shape index (κ3) is 11.1. The number of allylic oxidation sites excluding steroid dienone is 2. The smallest absolute Gasteiger partial charge is 0.392 e. The van der Waals surface area contributed by atoms with Crippen LogP contribution in [-0.4, -0.2) is 15.1 Å². The number of aromatic nitrogens is 2. The Labute approximate surface area is 272 Å². The zero-order valence-corrected chi connectivity index (χ0v) is 28.9. The number of hydrogen-bond acceptors (Lipinski definition) is 2. The molecular formula is C38H51F5N2O. The molecule has 0 aliphatic carbocycles. The van der Waals surface area contributed by atoms with Crippen LogP contribution in [0.15, 0.2) is 54.4 Å². The maximum atomic E-state index is 14.6. The van der Waals surface area contributed by atoms with Gasteiger partial charge in [-0.3, -0.25) is 4.98 Å². The highest BCUT2D eigenvalue weighted by atomic mass is 19.4. The molecule has 2 aromatic heterocycles. The van der Waals surface area contributed by atoms with Crippen molar-refractivity contribution in [1.82, 2.24) is 9.97 Å². The predicted molar refractivity (Wildman–Crippen MR) is 182 cm³/mol. The summed E-state index contributed by atoms with van der Waals surface area (Å²) in [6, 6.07) is 10.4. The Morgan fingerprint density at radius 2 is 1.50 bits per heavy atom. The molecule has 0 aliphatic heterocycles. The highest BCUT2D eigenvalue weighted by Crippen LogP contribution is 2.34. The average molecular weight is 647 g/mol. The van der Waals surface area contributed by atoms with E-state index in [0.29, 0.717) is 23.4 Å². The van der Waals surface area contributed by atoms with Crippen molar-refractivity contribution in [3.05, 3.63) is 105 Å². The number of fused-ring (bicyclic) bond motifs is 1. The van der Waals surface area contributed by atoms with Gasteiger partial charge in [-0.2, -0.15) is 13.2 Å². The summed E-state index contributed by atoms with van der Waals surface area (Å²) in [4.78, 5) is 6.36. The van der Waals surface area contributed by atoms with Gasteiger partial charge < -0.3 is 10.1 Å². The van der Waals surface area contributed by atoms with Gasteiger partial charge in [-0.05, 0) is 93.3 Å². The number of hydrogen-bond donors (Lipinski definition) is 2. The number of aliphatic hydroxyl groups is 1. The van der Waals surface area contributed by atoms with Gasteiger partial charge in [0.2, 0.25) is 0 Å². The summed E-state index contributed by atoms with van der Waals surface area (Å²) in [6.07, 6.45) is 4.43.